The van der Waals surface area contributed by atoms with Gasteiger partial charge in [0.05, 0.1) is 22.3 Å². The van der Waals surface area contributed by atoms with Gasteiger partial charge >= 0.3 is 5.51 Å². The van der Waals surface area contributed by atoms with Gasteiger partial charge in [-0.25, -0.2) is 21.6 Å². The van der Waals surface area contributed by atoms with Crippen LogP contribution in [0.25, 0.3) is 5.57 Å². The number of halogens is 4. The van der Waals surface area contributed by atoms with E-state index >= 15 is 0 Å². The van der Waals surface area contributed by atoms with Gasteiger partial charge in [-0.2, -0.15) is 13.2 Å². The summed E-state index contributed by atoms with van der Waals surface area (Å²) < 4.78 is 104. The highest BCUT2D eigenvalue weighted by Crippen LogP contribution is 2.44. The van der Waals surface area contributed by atoms with Crippen molar-refractivity contribution in [2.24, 2.45) is 5.41 Å². The molecule has 0 unspecified atom stereocenters. The van der Waals surface area contributed by atoms with E-state index in [4.69, 9.17) is 16.3 Å². The average Bonchev–Trinajstić information content (AvgIpc) is 3.30. The Morgan fingerprint density at radius 3 is 2.42 bits per heavy atom. The third kappa shape index (κ3) is 11.8. The number of hydrogen-bond acceptors (Lipinski definition) is 12. The number of sulfone groups is 1. The Balaban J connectivity index is 0.963. The van der Waals surface area contributed by atoms with Gasteiger partial charge in [-0.05, 0) is 103 Å². The van der Waals surface area contributed by atoms with Crippen LogP contribution >= 0.6 is 23.4 Å². The first-order valence-corrected chi connectivity index (χ1v) is 26.8. The number of allylic oxidation sites excluding steroid dienone is 1. The normalized spacial score (nSPS) is 19.8. The molecule has 3 heterocycles. The SMILES string of the molecule is CC1(C)CCC(CN2CCN3c4ccc(C(=O)NS(=O)(=O)c5ccc(N[C@H](CCN6CCNCC6)CSc6ccccc6)c(S(=O)(=O)C(F)(F)F)c5)cc4OC[C@@H]3C2)=C(c2ccc(Cl)cc2)C1. The molecular weight excluding hydrogens is 945 g/mol. The molecule has 8 rings (SSSR count). The lowest BCUT2D eigenvalue weighted by atomic mass is 9.72. The summed E-state index contributed by atoms with van der Waals surface area (Å²) in [6, 6.07) is 24.1. The summed E-state index contributed by atoms with van der Waals surface area (Å²) in [5, 5.41) is 7.00. The van der Waals surface area contributed by atoms with Gasteiger partial charge in [-0.3, -0.25) is 9.69 Å². The minimum atomic E-state index is -6.07. The quantitative estimate of drug-likeness (QED) is 0.0991. The van der Waals surface area contributed by atoms with E-state index in [-0.39, 0.29) is 17.0 Å². The summed E-state index contributed by atoms with van der Waals surface area (Å²) in [6.07, 6.45) is 3.57. The van der Waals surface area contributed by atoms with Crippen molar-refractivity contribution in [2.75, 3.05) is 81.5 Å². The Morgan fingerprint density at radius 2 is 1.69 bits per heavy atom. The number of nitrogens with zero attached hydrogens (tertiary/aromatic N) is 3. The largest absolute Gasteiger partial charge is 0.501 e. The zero-order chi connectivity index (χ0) is 47.6. The van der Waals surface area contributed by atoms with Crippen LogP contribution in [0.1, 0.15) is 55.5 Å². The van der Waals surface area contributed by atoms with Crippen LogP contribution in [0.15, 0.2) is 111 Å². The number of carbonyl (C=O) groups excluding carboxylic acids is 1. The maximum absolute atomic E-state index is 14.2. The fourth-order valence-electron chi connectivity index (χ4n) is 9.23. The van der Waals surface area contributed by atoms with Crippen LogP contribution in [0.3, 0.4) is 0 Å². The van der Waals surface area contributed by atoms with Crippen molar-refractivity contribution in [3.05, 3.63) is 113 Å². The molecule has 4 aliphatic rings. The maximum Gasteiger partial charge on any atom is 0.501 e. The molecule has 67 heavy (non-hydrogen) atoms. The Morgan fingerprint density at radius 1 is 0.940 bits per heavy atom. The molecule has 2 atom stereocenters. The number of alkyl halides is 3. The monoisotopic (exact) mass is 1000 g/mol. The minimum absolute atomic E-state index is 0.0330. The molecule has 3 aliphatic heterocycles. The van der Waals surface area contributed by atoms with E-state index in [9.17, 15) is 34.8 Å². The minimum Gasteiger partial charge on any atom is -0.489 e. The Labute approximate surface area is 400 Å². The number of nitrogens with one attached hydrogen (secondary N) is 3. The van der Waals surface area contributed by atoms with Crippen LogP contribution in [0.5, 0.6) is 5.75 Å². The van der Waals surface area contributed by atoms with Crippen LogP contribution in [-0.4, -0.2) is 121 Å². The maximum atomic E-state index is 14.2. The van der Waals surface area contributed by atoms with Crippen molar-refractivity contribution < 1.29 is 39.5 Å². The van der Waals surface area contributed by atoms with Crippen LogP contribution in [-0.2, 0) is 19.9 Å². The van der Waals surface area contributed by atoms with E-state index in [1.54, 1.807) is 6.07 Å². The molecule has 12 nitrogen and oxygen atoms in total. The number of thioether (sulfide) groups is 1. The number of amides is 1. The average molecular weight is 1000 g/mol. The molecule has 2 saturated heterocycles. The van der Waals surface area contributed by atoms with Crippen molar-refractivity contribution in [1.29, 1.82) is 0 Å². The standard InChI is InChI=1S/C48H56ClF3N6O6S3/c1-47(2)18-16-35(41(28-47)33-8-11-36(49)12-9-33)29-57-24-25-58-38(30-57)31-64-44-26-34(10-15-43(44)58)46(59)55-67(62,63)40-13-14-42(45(27-40)66(60,61)48(50,51)52)54-37(17-21-56-22-19-53-20-23-56)32-65-39-6-4-3-5-7-39/h3-15,26-27,37-38,53-54H,16-25,28-32H2,1-2H3,(H,55,59)/t37-,38+/m1/s1. The van der Waals surface area contributed by atoms with Gasteiger partial charge in [0.25, 0.3) is 25.8 Å². The third-order valence-corrected chi connectivity index (χ3v) is 17.2. The summed E-state index contributed by atoms with van der Waals surface area (Å²) in [5.74, 6) is -0.293. The molecule has 19 heteroatoms. The number of benzene rings is 4. The van der Waals surface area contributed by atoms with E-state index in [1.165, 1.54) is 40.6 Å². The zero-order valence-corrected chi connectivity index (χ0v) is 40.7. The van der Waals surface area contributed by atoms with Gasteiger partial charge < -0.3 is 25.2 Å². The second kappa shape index (κ2) is 20.3. The number of anilines is 2. The van der Waals surface area contributed by atoms with E-state index in [1.807, 2.05) is 47.2 Å². The van der Waals surface area contributed by atoms with Crippen molar-refractivity contribution in [3.63, 3.8) is 0 Å². The Hall–Kier alpha value is -4.30. The molecule has 0 bridgehead atoms. The molecule has 4 aromatic rings. The van der Waals surface area contributed by atoms with Crippen LogP contribution in [0.4, 0.5) is 24.5 Å². The van der Waals surface area contributed by atoms with Crippen molar-refractivity contribution in [1.82, 2.24) is 19.8 Å². The van der Waals surface area contributed by atoms with Gasteiger partial charge in [0.15, 0.2) is 0 Å². The fraction of sp³-hybridized carbons (Fsp3) is 0.438. The first kappa shape index (κ1) is 49.1. The second-order valence-electron chi connectivity index (χ2n) is 18.4. The summed E-state index contributed by atoms with van der Waals surface area (Å²) in [4.78, 5) is 19.3. The lowest BCUT2D eigenvalue weighted by molar-refractivity contribution is -0.0435. The lowest BCUT2D eigenvalue weighted by Gasteiger charge is -2.46. The van der Waals surface area contributed by atoms with Gasteiger partial charge in [0.2, 0.25) is 0 Å². The van der Waals surface area contributed by atoms with Crippen LogP contribution in [0, 0.1) is 5.41 Å². The van der Waals surface area contributed by atoms with Gasteiger partial charge in [0, 0.05) is 86.2 Å². The highest BCUT2D eigenvalue weighted by atomic mass is 35.5. The Kier molecular flexibility index (Phi) is 14.9. The lowest BCUT2D eigenvalue weighted by Crippen LogP contribution is -2.57. The molecular formula is C48H56ClF3N6O6S3. The van der Waals surface area contributed by atoms with Crippen LogP contribution in [0.2, 0.25) is 5.02 Å². The number of ether oxygens (including phenoxy) is 1. The molecule has 4 aromatic carbocycles. The zero-order valence-electron chi connectivity index (χ0n) is 37.4. The third-order valence-electron chi connectivity index (χ3n) is 13.0. The molecule has 2 fully saturated rings. The molecule has 0 spiro atoms. The van der Waals surface area contributed by atoms with E-state index < -0.39 is 52.8 Å². The molecule has 0 radical (unpaired) electrons. The first-order valence-electron chi connectivity index (χ1n) is 22.5. The van der Waals surface area contributed by atoms with Crippen molar-refractivity contribution >= 4 is 66.1 Å². The number of piperazine rings is 2. The summed E-state index contributed by atoms with van der Waals surface area (Å²) in [5.41, 5.74) is -1.24. The molecule has 360 valence electrons. The fourth-order valence-corrected chi connectivity index (χ4v) is 12.4. The molecule has 3 N–H and O–H groups in total. The van der Waals surface area contributed by atoms with Gasteiger partial charge in [-0.15, -0.1) is 11.8 Å². The van der Waals surface area contributed by atoms with E-state index in [0.717, 1.165) is 87.8 Å². The number of fused-ring (bicyclic) bond motifs is 3. The molecule has 0 aromatic heterocycles. The van der Waals surface area contributed by atoms with Crippen molar-refractivity contribution in [2.45, 2.75) is 71.8 Å². The number of sulfonamides is 1. The highest BCUT2D eigenvalue weighted by Gasteiger charge is 2.48. The molecule has 1 aliphatic carbocycles. The predicted molar refractivity (Wildman–Crippen MR) is 258 cm³/mol. The number of carbonyl (C=O) groups is 1. The van der Waals surface area contributed by atoms with Gasteiger partial charge in [0.1, 0.15) is 17.3 Å². The summed E-state index contributed by atoms with van der Waals surface area (Å²) in [6.45, 7) is 11.8. The predicted octanol–water partition coefficient (Wildman–Crippen LogP) is 8.17. The molecule has 0 saturated carbocycles. The van der Waals surface area contributed by atoms with Crippen molar-refractivity contribution in [3.8, 4) is 5.75 Å². The van der Waals surface area contributed by atoms with E-state index in [2.05, 4.69) is 51.3 Å². The first-order chi connectivity index (χ1) is 31.8. The summed E-state index contributed by atoms with van der Waals surface area (Å²) in [7, 11) is -10.9. The smallest absolute Gasteiger partial charge is 0.489 e. The van der Waals surface area contributed by atoms with Crippen LogP contribution < -0.4 is 25.0 Å². The Bertz CT molecular complexity index is 2690. The summed E-state index contributed by atoms with van der Waals surface area (Å²) >= 11 is 7.68. The van der Waals surface area contributed by atoms with E-state index in [0.29, 0.717) is 48.7 Å². The number of hydrogen-bond donors (Lipinski definition) is 3. The number of rotatable bonds is 15. The second-order valence-corrected chi connectivity index (χ2v) is 23.5. The molecule has 1 amide bonds. The van der Waals surface area contributed by atoms with Gasteiger partial charge in [-0.1, -0.05) is 61.4 Å². The highest BCUT2D eigenvalue weighted by molar-refractivity contribution is 7.99. The topological polar surface area (TPSA) is 140 Å².